The SMILES string of the molecule is CCNC(=O)[C@H](C)N(Cc1ccc(F)cc1)C(=O)COc1ccc(C(C)C)cc1. The minimum Gasteiger partial charge on any atom is -0.484 e. The van der Waals surface area contributed by atoms with Gasteiger partial charge in [-0.15, -0.1) is 0 Å². The summed E-state index contributed by atoms with van der Waals surface area (Å²) < 4.78 is 18.8. The second-order valence-corrected chi connectivity index (χ2v) is 7.23. The number of amides is 2. The summed E-state index contributed by atoms with van der Waals surface area (Å²) in [6.07, 6.45) is 0. The molecule has 0 heterocycles. The lowest BCUT2D eigenvalue weighted by atomic mass is 10.0. The van der Waals surface area contributed by atoms with E-state index in [0.717, 1.165) is 5.56 Å². The Morgan fingerprint density at radius 1 is 1.03 bits per heavy atom. The Kier molecular flexibility index (Phi) is 8.19. The molecule has 0 aliphatic rings. The molecule has 2 aromatic rings. The molecule has 2 amide bonds. The lowest BCUT2D eigenvalue weighted by Crippen LogP contribution is -2.49. The van der Waals surface area contributed by atoms with E-state index >= 15 is 0 Å². The highest BCUT2D eigenvalue weighted by Crippen LogP contribution is 2.19. The van der Waals surface area contributed by atoms with Crippen molar-refractivity contribution in [3.8, 4) is 5.75 Å². The smallest absolute Gasteiger partial charge is 0.261 e. The number of halogens is 1. The van der Waals surface area contributed by atoms with Crippen LogP contribution in [0.3, 0.4) is 0 Å². The molecule has 0 unspecified atom stereocenters. The number of benzene rings is 2. The van der Waals surface area contributed by atoms with Gasteiger partial charge in [-0.1, -0.05) is 38.1 Å². The lowest BCUT2D eigenvalue weighted by molar-refractivity contribution is -0.142. The van der Waals surface area contributed by atoms with Gasteiger partial charge < -0.3 is 15.0 Å². The second-order valence-electron chi connectivity index (χ2n) is 7.23. The molecule has 0 spiro atoms. The van der Waals surface area contributed by atoms with Gasteiger partial charge in [0.2, 0.25) is 5.91 Å². The van der Waals surface area contributed by atoms with Gasteiger partial charge in [0.25, 0.3) is 5.91 Å². The number of hydrogen-bond acceptors (Lipinski definition) is 3. The summed E-state index contributed by atoms with van der Waals surface area (Å²) in [6, 6.07) is 12.8. The quantitative estimate of drug-likeness (QED) is 0.695. The average molecular weight is 400 g/mol. The number of hydrogen-bond donors (Lipinski definition) is 1. The van der Waals surface area contributed by atoms with Gasteiger partial charge in [-0.2, -0.15) is 0 Å². The number of nitrogens with zero attached hydrogens (tertiary/aromatic N) is 1. The summed E-state index contributed by atoms with van der Waals surface area (Å²) in [5, 5.41) is 2.73. The Balaban J connectivity index is 2.10. The van der Waals surface area contributed by atoms with E-state index in [1.807, 2.05) is 31.2 Å². The number of nitrogens with one attached hydrogen (secondary N) is 1. The molecular formula is C23H29FN2O3. The highest BCUT2D eigenvalue weighted by molar-refractivity contribution is 5.87. The summed E-state index contributed by atoms with van der Waals surface area (Å²) in [4.78, 5) is 26.6. The molecule has 0 aliphatic carbocycles. The normalized spacial score (nSPS) is 11.8. The molecule has 0 saturated heterocycles. The van der Waals surface area contributed by atoms with Crippen LogP contribution in [-0.2, 0) is 16.1 Å². The molecule has 5 nitrogen and oxygen atoms in total. The van der Waals surface area contributed by atoms with Gasteiger partial charge in [-0.3, -0.25) is 9.59 Å². The lowest BCUT2D eigenvalue weighted by Gasteiger charge is -2.28. The van der Waals surface area contributed by atoms with Crippen molar-refractivity contribution >= 4 is 11.8 Å². The molecule has 2 rings (SSSR count). The highest BCUT2D eigenvalue weighted by atomic mass is 19.1. The summed E-state index contributed by atoms with van der Waals surface area (Å²) in [6.45, 7) is 8.18. The van der Waals surface area contributed by atoms with Crippen LogP contribution >= 0.6 is 0 Å². The summed E-state index contributed by atoms with van der Waals surface area (Å²) in [5.41, 5.74) is 1.92. The van der Waals surface area contributed by atoms with Gasteiger partial charge in [0, 0.05) is 13.1 Å². The van der Waals surface area contributed by atoms with Crippen molar-refractivity contribution in [1.29, 1.82) is 0 Å². The maximum atomic E-state index is 13.2. The molecule has 29 heavy (non-hydrogen) atoms. The van der Waals surface area contributed by atoms with Crippen molar-refractivity contribution in [2.24, 2.45) is 0 Å². The fourth-order valence-electron chi connectivity index (χ4n) is 2.87. The largest absolute Gasteiger partial charge is 0.484 e. The Hall–Kier alpha value is -2.89. The molecule has 1 N–H and O–H groups in total. The molecule has 0 bridgehead atoms. The molecule has 0 aliphatic heterocycles. The number of ether oxygens (including phenoxy) is 1. The van der Waals surface area contributed by atoms with Crippen molar-refractivity contribution in [3.05, 3.63) is 65.5 Å². The van der Waals surface area contributed by atoms with Crippen LogP contribution < -0.4 is 10.1 Å². The molecule has 2 aromatic carbocycles. The van der Waals surface area contributed by atoms with E-state index in [9.17, 15) is 14.0 Å². The zero-order valence-corrected chi connectivity index (χ0v) is 17.4. The number of rotatable bonds is 9. The van der Waals surface area contributed by atoms with E-state index in [1.165, 1.54) is 22.6 Å². The Labute approximate surface area is 171 Å². The molecule has 1 atom stereocenters. The zero-order valence-electron chi connectivity index (χ0n) is 17.4. The third-order valence-electron chi connectivity index (χ3n) is 4.69. The molecule has 0 radical (unpaired) electrons. The first-order chi connectivity index (χ1) is 13.8. The van der Waals surface area contributed by atoms with Crippen molar-refractivity contribution in [2.45, 2.75) is 46.2 Å². The molecule has 0 fully saturated rings. The zero-order chi connectivity index (χ0) is 21.4. The first kappa shape index (κ1) is 22.4. The van der Waals surface area contributed by atoms with Crippen molar-refractivity contribution in [3.63, 3.8) is 0 Å². The van der Waals surface area contributed by atoms with Crippen LogP contribution in [0.1, 0.15) is 44.7 Å². The third-order valence-corrected chi connectivity index (χ3v) is 4.69. The average Bonchev–Trinajstić information content (AvgIpc) is 2.71. The van der Waals surface area contributed by atoms with Crippen LogP contribution in [0.15, 0.2) is 48.5 Å². The maximum Gasteiger partial charge on any atom is 0.261 e. The van der Waals surface area contributed by atoms with Gasteiger partial charge >= 0.3 is 0 Å². The van der Waals surface area contributed by atoms with Crippen LogP contribution in [0.5, 0.6) is 5.75 Å². The minimum atomic E-state index is -0.681. The Morgan fingerprint density at radius 3 is 2.21 bits per heavy atom. The van der Waals surface area contributed by atoms with Gasteiger partial charge in [-0.25, -0.2) is 4.39 Å². The van der Waals surface area contributed by atoms with Crippen LogP contribution in [0.25, 0.3) is 0 Å². The maximum absolute atomic E-state index is 13.2. The predicted molar refractivity (Wildman–Crippen MR) is 111 cm³/mol. The fourth-order valence-corrected chi connectivity index (χ4v) is 2.87. The van der Waals surface area contributed by atoms with Gasteiger partial charge in [0.15, 0.2) is 6.61 Å². The highest BCUT2D eigenvalue weighted by Gasteiger charge is 2.26. The van der Waals surface area contributed by atoms with E-state index < -0.39 is 6.04 Å². The van der Waals surface area contributed by atoms with Crippen molar-refractivity contribution < 1.29 is 18.7 Å². The predicted octanol–water partition coefficient (Wildman–Crippen LogP) is 3.88. The number of likely N-dealkylation sites (N-methyl/N-ethyl adjacent to an activating group) is 1. The summed E-state index contributed by atoms with van der Waals surface area (Å²) in [5.74, 6) is 0.0896. The summed E-state index contributed by atoms with van der Waals surface area (Å²) in [7, 11) is 0. The number of carbonyl (C=O) groups excluding carboxylic acids is 2. The van der Waals surface area contributed by atoms with Crippen molar-refractivity contribution in [2.75, 3.05) is 13.2 Å². The van der Waals surface area contributed by atoms with E-state index in [4.69, 9.17) is 4.74 Å². The monoisotopic (exact) mass is 400 g/mol. The van der Waals surface area contributed by atoms with Crippen LogP contribution in [0, 0.1) is 5.82 Å². The molecule has 0 aromatic heterocycles. The Morgan fingerprint density at radius 2 is 1.66 bits per heavy atom. The van der Waals surface area contributed by atoms with Crippen LogP contribution in [0.4, 0.5) is 4.39 Å². The molecule has 6 heteroatoms. The fraction of sp³-hybridized carbons (Fsp3) is 0.391. The van der Waals surface area contributed by atoms with Crippen molar-refractivity contribution in [1.82, 2.24) is 10.2 Å². The van der Waals surface area contributed by atoms with Crippen LogP contribution in [-0.4, -0.2) is 35.9 Å². The van der Waals surface area contributed by atoms with Gasteiger partial charge in [-0.05, 0) is 55.2 Å². The van der Waals surface area contributed by atoms with Gasteiger partial charge in [0.05, 0.1) is 0 Å². The molecular weight excluding hydrogens is 371 g/mol. The first-order valence-corrected chi connectivity index (χ1v) is 9.86. The van der Waals surface area contributed by atoms with E-state index in [2.05, 4.69) is 19.2 Å². The Bertz CT molecular complexity index is 804. The van der Waals surface area contributed by atoms with Crippen LogP contribution in [0.2, 0.25) is 0 Å². The third kappa shape index (κ3) is 6.59. The van der Waals surface area contributed by atoms with E-state index in [1.54, 1.807) is 19.1 Å². The minimum absolute atomic E-state index is 0.188. The molecule has 156 valence electrons. The van der Waals surface area contributed by atoms with Gasteiger partial charge in [0.1, 0.15) is 17.6 Å². The van der Waals surface area contributed by atoms with E-state index in [0.29, 0.717) is 18.2 Å². The molecule has 0 saturated carbocycles. The van der Waals surface area contributed by atoms with E-state index in [-0.39, 0.29) is 30.8 Å². The summed E-state index contributed by atoms with van der Waals surface area (Å²) >= 11 is 0. The standard InChI is InChI=1S/C23H29FN2O3/c1-5-25-23(28)17(4)26(14-18-6-10-20(24)11-7-18)22(27)15-29-21-12-8-19(9-13-21)16(2)3/h6-13,16-17H,5,14-15H2,1-4H3,(H,25,28)/t17-/m0/s1. The first-order valence-electron chi connectivity index (χ1n) is 9.86. The number of carbonyl (C=O) groups is 2. The topological polar surface area (TPSA) is 58.6 Å². The second kappa shape index (κ2) is 10.6.